The molecule has 0 bridgehead atoms. The lowest BCUT2D eigenvalue weighted by Crippen LogP contribution is -2.42. The molecule has 122 valence electrons. The third-order valence-electron chi connectivity index (χ3n) is 4.23. The lowest BCUT2D eigenvalue weighted by Gasteiger charge is -2.25. The molecular weight excluding hydrogens is 284 g/mol. The van der Waals surface area contributed by atoms with Crippen LogP contribution in [-0.2, 0) is 0 Å². The molecule has 0 aliphatic carbocycles. The molecule has 6 nitrogen and oxygen atoms in total. The number of hydrogen-bond donors (Lipinski definition) is 2. The van der Waals surface area contributed by atoms with Gasteiger partial charge in [0.1, 0.15) is 0 Å². The first kappa shape index (κ1) is 18.1. The Bertz CT molecular complexity index is 592. The Labute approximate surface area is 130 Å². The van der Waals surface area contributed by atoms with E-state index in [-0.39, 0.29) is 12.2 Å². The van der Waals surface area contributed by atoms with Crippen LogP contribution in [0.1, 0.15) is 53.7 Å². The number of nitro benzene ring substituents is 1. The summed E-state index contributed by atoms with van der Waals surface area (Å²) in [5, 5.41) is 24.1. The highest BCUT2D eigenvalue weighted by atomic mass is 16.6. The number of rotatable bonds is 6. The van der Waals surface area contributed by atoms with Crippen LogP contribution in [0.2, 0.25) is 0 Å². The summed E-state index contributed by atoms with van der Waals surface area (Å²) in [5.74, 6) is -0.390. The molecule has 0 spiro atoms. The molecule has 0 radical (unpaired) electrons. The van der Waals surface area contributed by atoms with E-state index in [0.29, 0.717) is 35.1 Å². The number of nitro groups is 1. The van der Waals surface area contributed by atoms with Crippen LogP contribution in [0.25, 0.3) is 0 Å². The summed E-state index contributed by atoms with van der Waals surface area (Å²) < 4.78 is 0. The third-order valence-corrected chi connectivity index (χ3v) is 4.23. The Morgan fingerprint density at radius 3 is 2.27 bits per heavy atom. The average Bonchev–Trinajstić information content (AvgIpc) is 2.43. The predicted molar refractivity (Wildman–Crippen MR) is 85.2 cm³/mol. The maximum Gasteiger partial charge on any atom is 0.275 e. The van der Waals surface area contributed by atoms with Gasteiger partial charge in [-0.2, -0.15) is 0 Å². The van der Waals surface area contributed by atoms with E-state index in [1.54, 1.807) is 26.8 Å². The number of nitrogens with zero attached hydrogens (tertiary/aromatic N) is 1. The van der Waals surface area contributed by atoms with Gasteiger partial charge in [-0.05, 0) is 45.2 Å². The average molecular weight is 308 g/mol. The Kier molecular flexibility index (Phi) is 5.65. The number of nitrogens with one attached hydrogen (secondary N) is 1. The number of carbonyl (C=O) groups excluding carboxylic acids is 1. The van der Waals surface area contributed by atoms with Crippen molar-refractivity contribution in [1.82, 2.24) is 5.32 Å². The van der Waals surface area contributed by atoms with E-state index in [9.17, 15) is 20.0 Å². The van der Waals surface area contributed by atoms with Crippen molar-refractivity contribution in [3.63, 3.8) is 0 Å². The highest BCUT2D eigenvalue weighted by Gasteiger charge is 2.26. The van der Waals surface area contributed by atoms with Gasteiger partial charge in [-0.3, -0.25) is 14.9 Å². The first-order chi connectivity index (χ1) is 10.2. The number of benzene rings is 1. The molecule has 0 aromatic heterocycles. The molecule has 0 heterocycles. The minimum Gasteiger partial charge on any atom is -0.388 e. The summed E-state index contributed by atoms with van der Waals surface area (Å²) in [6.45, 7) is 8.82. The van der Waals surface area contributed by atoms with Crippen LogP contribution < -0.4 is 5.32 Å². The zero-order valence-electron chi connectivity index (χ0n) is 13.8. The highest BCUT2D eigenvalue weighted by Crippen LogP contribution is 2.28. The quantitative estimate of drug-likeness (QED) is 0.624. The van der Waals surface area contributed by atoms with Crippen LogP contribution in [0.3, 0.4) is 0 Å². The molecular formula is C16H24N2O4. The van der Waals surface area contributed by atoms with Gasteiger partial charge < -0.3 is 10.4 Å². The van der Waals surface area contributed by atoms with Crippen LogP contribution in [-0.4, -0.2) is 28.1 Å². The minimum absolute atomic E-state index is 0.0306. The van der Waals surface area contributed by atoms with Crippen molar-refractivity contribution >= 4 is 11.6 Å². The molecule has 0 aliphatic rings. The first-order valence-corrected chi connectivity index (χ1v) is 7.42. The molecule has 0 unspecified atom stereocenters. The molecule has 0 aliphatic heterocycles. The maximum atomic E-state index is 12.4. The minimum atomic E-state index is -0.950. The van der Waals surface area contributed by atoms with Gasteiger partial charge in [0.25, 0.3) is 11.6 Å². The SMILES string of the molecule is CCC(O)(CC)CNC(=O)c1c(C)cc(C)c([N+](=O)[O-])c1C. The number of aliphatic hydroxyl groups is 1. The monoisotopic (exact) mass is 308 g/mol. The Hall–Kier alpha value is -1.95. The van der Waals surface area contributed by atoms with E-state index >= 15 is 0 Å². The van der Waals surface area contributed by atoms with Crippen molar-refractivity contribution in [3.8, 4) is 0 Å². The molecule has 1 aromatic rings. The smallest absolute Gasteiger partial charge is 0.275 e. The van der Waals surface area contributed by atoms with Crippen molar-refractivity contribution in [1.29, 1.82) is 0 Å². The van der Waals surface area contributed by atoms with Gasteiger partial charge in [-0.1, -0.05) is 13.8 Å². The van der Waals surface area contributed by atoms with Crippen LogP contribution in [0, 0.1) is 30.9 Å². The fourth-order valence-electron chi connectivity index (χ4n) is 2.64. The third kappa shape index (κ3) is 3.62. The number of hydrogen-bond acceptors (Lipinski definition) is 4. The van der Waals surface area contributed by atoms with Gasteiger partial charge >= 0.3 is 0 Å². The van der Waals surface area contributed by atoms with Crippen molar-refractivity contribution in [2.45, 2.75) is 53.1 Å². The molecule has 2 N–H and O–H groups in total. The number of amides is 1. The summed E-state index contributed by atoms with van der Waals surface area (Å²) in [4.78, 5) is 23.1. The summed E-state index contributed by atoms with van der Waals surface area (Å²) in [6, 6.07) is 1.64. The fourth-order valence-corrected chi connectivity index (χ4v) is 2.64. The van der Waals surface area contributed by atoms with Crippen molar-refractivity contribution in [2.75, 3.05) is 6.54 Å². The molecule has 0 saturated heterocycles. The first-order valence-electron chi connectivity index (χ1n) is 7.42. The molecule has 0 fully saturated rings. The zero-order valence-corrected chi connectivity index (χ0v) is 13.8. The van der Waals surface area contributed by atoms with Crippen LogP contribution in [0.15, 0.2) is 6.07 Å². The topological polar surface area (TPSA) is 92.5 Å². The fraction of sp³-hybridized carbons (Fsp3) is 0.562. The van der Waals surface area contributed by atoms with Crippen LogP contribution >= 0.6 is 0 Å². The van der Waals surface area contributed by atoms with Gasteiger partial charge in [0, 0.05) is 17.7 Å². The van der Waals surface area contributed by atoms with Crippen molar-refractivity contribution < 1.29 is 14.8 Å². The molecule has 1 rings (SSSR count). The van der Waals surface area contributed by atoms with E-state index < -0.39 is 16.4 Å². The van der Waals surface area contributed by atoms with E-state index in [2.05, 4.69) is 5.32 Å². The van der Waals surface area contributed by atoms with E-state index in [1.807, 2.05) is 13.8 Å². The second kappa shape index (κ2) is 6.87. The van der Waals surface area contributed by atoms with E-state index in [4.69, 9.17) is 0 Å². The predicted octanol–water partition coefficient (Wildman–Crippen LogP) is 2.80. The van der Waals surface area contributed by atoms with Gasteiger partial charge in [0.2, 0.25) is 0 Å². The van der Waals surface area contributed by atoms with Crippen molar-refractivity contribution in [2.24, 2.45) is 0 Å². The van der Waals surface area contributed by atoms with Gasteiger partial charge in [-0.15, -0.1) is 0 Å². The molecule has 1 aromatic carbocycles. The highest BCUT2D eigenvalue weighted by molar-refractivity contribution is 5.98. The number of carbonyl (C=O) groups is 1. The largest absolute Gasteiger partial charge is 0.388 e. The standard InChI is InChI=1S/C16H24N2O4/c1-6-16(20,7-2)9-17-15(19)13-10(3)8-11(4)14(12(13)5)18(21)22/h8,20H,6-7,9H2,1-5H3,(H,17,19). The zero-order chi connectivity index (χ0) is 17.1. The normalized spacial score (nSPS) is 11.4. The molecule has 6 heteroatoms. The Balaban J connectivity index is 3.14. The molecule has 1 amide bonds. The van der Waals surface area contributed by atoms with E-state index in [0.717, 1.165) is 0 Å². The molecule has 0 atom stereocenters. The lowest BCUT2D eigenvalue weighted by molar-refractivity contribution is -0.386. The second-order valence-corrected chi connectivity index (χ2v) is 5.73. The lowest BCUT2D eigenvalue weighted by atomic mass is 9.95. The summed E-state index contributed by atoms with van der Waals surface area (Å²) in [6.07, 6.45) is 1.05. The summed E-state index contributed by atoms with van der Waals surface area (Å²) >= 11 is 0. The van der Waals surface area contributed by atoms with Crippen LogP contribution in [0.5, 0.6) is 0 Å². The number of aryl methyl sites for hydroxylation is 2. The van der Waals surface area contributed by atoms with Crippen LogP contribution in [0.4, 0.5) is 5.69 Å². The maximum absolute atomic E-state index is 12.4. The van der Waals surface area contributed by atoms with Gasteiger partial charge in [0.15, 0.2) is 0 Å². The Morgan fingerprint density at radius 1 is 1.27 bits per heavy atom. The molecule has 22 heavy (non-hydrogen) atoms. The molecule has 0 saturated carbocycles. The second-order valence-electron chi connectivity index (χ2n) is 5.73. The van der Waals surface area contributed by atoms with E-state index in [1.165, 1.54) is 0 Å². The van der Waals surface area contributed by atoms with Gasteiger partial charge in [0.05, 0.1) is 16.1 Å². The Morgan fingerprint density at radius 2 is 1.82 bits per heavy atom. The summed E-state index contributed by atoms with van der Waals surface area (Å²) in [5.41, 5.74) is 0.916. The van der Waals surface area contributed by atoms with Crippen molar-refractivity contribution in [3.05, 3.63) is 38.4 Å². The van der Waals surface area contributed by atoms with Gasteiger partial charge in [-0.25, -0.2) is 0 Å². The summed E-state index contributed by atoms with van der Waals surface area (Å²) in [7, 11) is 0.